The number of carbonyl (C=O) groups is 1. The average molecular weight is 264 g/mol. The highest BCUT2D eigenvalue weighted by Crippen LogP contribution is 2.19. The van der Waals surface area contributed by atoms with E-state index in [2.05, 4.69) is 5.32 Å². The van der Waals surface area contributed by atoms with Crippen LogP contribution in [-0.4, -0.2) is 25.2 Å². The van der Waals surface area contributed by atoms with Crippen molar-refractivity contribution in [3.63, 3.8) is 0 Å². The summed E-state index contributed by atoms with van der Waals surface area (Å²) < 4.78 is 5.37. The first kappa shape index (κ1) is 15.5. The summed E-state index contributed by atoms with van der Waals surface area (Å²) in [7, 11) is 0. The lowest BCUT2D eigenvalue weighted by molar-refractivity contribution is -0.121. The minimum absolute atomic E-state index is 0.0525. The third-order valence-electron chi connectivity index (χ3n) is 2.87. The highest BCUT2D eigenvalue weighted by molar-refractivity contribution is 5.76. The number of carbonyl (C=O) groups excluding carboxylic acids is 1. The number of amides is 1. The zero-order valence-corrected chi connectivity index (χ0v) is 12.0. The predicted octanol–water partition coefficient (Wildman–Crippen LogP) is 2.30. The molecule has 1 rings (SSSR count). The maximum absolute atomic E-state index is 11.7. The Bertz CT molecular complexity index is 388. The number of hydrogen-bond donors (Lipinski definition) is 2. The van der Waals surface area contributed by atoms with Crippen LogP contribution in [0, 0.1) is 0 Å². The van der Waals surface area contributed by atoms with Gasteiger partial charge in [0.05, 0.1) is 12.7 Å². The fraction of sp³-hybridized carbons (Fsp3) is 0.533. The van der Waals surface area contributed by atoms with Gasteiger partial charge in [-0.3, -0.25) is 4.79 Å². The Morgan fingerprint density at radius 1 is 1.26 bits per heavy atom. The molecule has 106 valence electrons. The summed E-state index contributed by atoms with van der Waals surface area (Å²) in [5, 5.41) is 2.86. The zero-order valence-electron chi connectivity index (χ0n) is 12.0. The third kappa shape index (κ3) is 6.25. The van der Waals surface area contributed by atoms with Gasteiger partial charge in [0.1, 0.15) is 0 Å². The highest BCUT2D eigenvalue weighted by Gasteiger charge is 2.10. The van der Waals surface area contributed by atoms with Crippen molar-refractivity contribution >= 4 is 11.6 Å². The van der Waals surface area contributed by atoms with Crippen LogP contribution in [0.1, 0.15) is 38.7 Å². The van der Waals surface area contributed by atoms with Crippen molar-refractivity contribution in [3.8, 4) is 0 Å². The molecule has 3 N–H and O–H groups in total. The lowest BCUT2D eigenvalue weighted by Crippen LogP contribution is -2.28. The molecular weight excluding hydrogens is 240 g/mol. The first-order valence-corrected chi connectivity index (χ1v) is 6.72. The summed E-state index contributed by atoms with van der Waals surface area (Å²) in [6.45, 7) is 7.11. The molecule has 1 unspecified atom stereocenters. The van der Waals surface area contributed by atoms with Gasteiger partial charge in [-0.25, -0.2) is 0 Å². The SMILES string of the molecule is CC(C)OCCNC(=O)CC(C)c1ccc(N)cc1. The molecule has 0 radical (unpaired) electrons. The van der Waals surface area contributed by atoms with E-state index < -0.39 is 0 Å². The number of ether oxygens (including phenoxy) is 1. The lowest BCUT2D eigenvalue weighted by atomic mass is 9.97. The standard InChI is InChI=1S/C15H24N2O2/c1-11(2)19-9-8-17-15(18)10-12(3)13-4-6-14(16)7-5-13/h4-7,11-12H,8-10,16H2,1-3H3,(H,17,18). The van der Waals surface area contributed by atoms with Crippen LogP contribution in [0.4, 0.5) is 5.69 Å². The molecule has 4 nitrogen and oxygen atoms in total. The lowest BCUT2D eigenvalue weighted by Gasteiger charge is -2.13. The van der Waals surface area contributed by atoms with Crippen molar-refractivity contribution in [2.45, 2.75) is 39.2 Å². The molecule has 4 heteroatoms. The van der Waals surface area contributed by atoms with Gasteiger partial charge in [-0.05, 0) is 37.5 Å². The van der Waals surface area contributed by atoms with Crippen molar-refractivity contribution in [1.29, 1.82) is 0 Å². The van der Waals surface area contributed by atoms with E-state index in [-0.39, 0.29) is 17.9 Å². The van der Waals surface area contributed by atoms with Crippen molar-refractivity contribution in [3.05, 3.63) is 29.8 Å². The first-order valence-electron chi connectivity index (χ1n) is 6.72. The maximum Gasteiger partial charge on any atom is 0.220 e. The van der Waals surface area contributed by atoms with Gasteiger partial charge in [0.2, 0.25) is 5.91 Å². The van der Waals surface area contributed by atoms with E-state index in [1.54, 1.807) is 0 Å². The molecule has 0 aliphatic carbocycles. The van der Waals surface area contributed by atoms with Crippen molar-refractivity contribution in [2.75, 3.05) is 18.9 Å². The number of nitrogen functional groups attached to an aromatic ring is 1. The van der Waals surface area contributed by atoms with Crippen molar-refractivity contribution < 1.29 is 9.53 Å². The summed E-state index contributed by atoms with van der Waals surface area (Å²) >= 11 is 0. The second-order valence-electron chi connectivity index (χ2n) is 5.04. The number of nitrogens with two attached hydrogens (primary N) is 1. The van der Waals surface area contributed by atoms with Gasteiger partial charge < -0.3 is 15.8 Å². The Labute approximate surface area is 115 Å². The molecule has 0 aromatic heterocycles. The first-order chi connectivity index (χ1) is 8.99. The molecule has 1 aromatic rings. The Balaban J connectivity index is 2.29. The molecule has 1 aromatic carbocycles. The van der Waals surface area contributed by atoms with Crippen LogP contribution in [0.3, 0.4) is 0 Å². The third-order valence-corrected chi connectivity index (χ3v) is 2.87. The van der Waals surface area contributed by atoms with Gasteiger partial charge >= 0.3 is 0 Å². The Morgan fingerprint density at radius 3 is 2.47 bits per heavy atom. The Morgan fingerprint density at radius 2 is 1.89 bits per heavy atom. The molecule has 0 aliphatic heterocycles. The van der Waals surface area contributed by atoms with E-state index in [0.717, 1.165) is 11.3 Å². The van der Waals surface area contributed by atoms with Crippen molar-refractivity contribution in [2.24, 2.45) is 0 Å². The summed E-state index contributed by atoms with van der Waals surface area (Å²) in [6.07, 6.45) is 0.677. The van der Waals surface area contributed by atoms with Crippen LogP contribution in [0.5, 0.6) is 0 Å². The topological polar surface area (TPSA) is 64.3 Å². The molecule has 0 saturated heterocycles. The smallest absolute Gasteiger partial charge is 0.220 e. The van der Waals surface area contributed by atoms with Gasteiger partial charge in [0.25, 0.3) is 0 Å². The molecule has 0 aliphatic rings. The van der Waals surface area contributed by atoms with Crippen LogP contribution >= 0.6 is 0 Å². The molecule has 0 fully saturated rings. The van der Waals surface area contributed by atoms with Gasteiger partial charge in [0, 0.05) is 18.7 Å². The summed E-state index contributed by atoms with van der Waals surface area (Å²) in [5.74, 6) is 0.239. The van der Waals surface area contributed by atoms with E-state index in [4.69, 9.17) is 10.5 Å². The van der Waals surface area contributed by atoms with Gasteiger partial charge in [0.15, 0.2) is 0 Å². The molecule has 0 saturated carbocycles. The van der Waals surface area contributed by atoms with E-state index >= 15 is 0 Å². The van der Waals surface area contributed by atoms with Crippen LogP contribution in [0.15, 0.2) is 24.3 Å². The monoisotopic (exact) mass is 264 g/mol. The van der Waals surface area contributed by atoms with E-state index in [0.29, 0.717) is 19.6 Å². The molecule has 0 heterocycles. The van der Waals surface area contributed by atoms with E-state index in [9.17, 15) is 4.79 Å². The molecule has 0 bridgehead atoms. The van der Waals surface area contributed by atoms with Gasteiger partial charge in [-0.2, -0.15) is 0 Å². The molecule has 1 amide bonds. The Kier molecular flexibility index (Phi) is 6.36. The summed E-state index contributed by atoms with van der Waals surface area (Å²) in [5.41, 5.74) is 7.51. The Hall–Kier alpha value is -1.55. The highest BCUT2D eigenvalue weighted by atomic mass is 16.5. The van der Waals surface area contributed by atoms with E-state index in [1.165, 1.54) is 0 Å². The number of nitrogens with one attached hydrogen (secondary N) is 1. The number of benzene rings is 1. The average Bonchev–Trinajstić information content (AvgIpc) is 2.35. The largest absolute Gasteiger partial charge is 0.399 e. The summed E-state index contributed by atoms with van der Waals surface area (Å²) in [6, 6.07) is 7.66. The quantitative estimate of drug-likeness (QED) is 0.586. The fourth-order valence-corrected chi connectivity index (χ4v) is 1.78. The van der Waals surface area contributed by atoms with Crippen LogP contribution in [0.25, 0.3) is 0 Å². The van der Waals surface area contributed by atoms with Gasteiger partial charge in [-0.15, -0.1) is 0 Å². The fourth-order valence-electron chi connectivity index (χ4n) is 1.78. The van der Waals surface area contributed by atoms with Crippen LogP contribution < -0.4 is 11.1 Å². The molecule has 0 spiro atoms. The normalized spacial score (nSPS) is 12.4. The van der Waals surface area contributed by atoms with E-state index in [1.807, 2.05) is 45.0 Å². The number of hydrogen-bond acceptors (Lipinski definition) is 3. The second-order valence-corrected chi connectivity index (χ2v) is 5.04. The predicted molar refractivity (Wildman–Crippen MR) is 78.0 cm³/mol. The van der Waals surface area contributed by atoms with Crippen LogP contribution in [-0.2, 0) is 9.53 Å². The minimum Gasteiger partial charge on any atom is -0.399 e. The molecular formula is C15H24N2O2. The minimum atomic E-state index is 0.0525. The second kappa shape index (κ2) is 7.79. The zero-order chi connectivity index (χ0) is 14.3. The molecule has 1 atom stereocenters. The number of rotatable bonds is 7. The van der Waals surface area contributed by atoms with Crippen molar-refractivity contribution in [1.82, 2.24) is 5.32 Å². The molecule has 19 heavy (non-hydrogen) atoms. The van der Waals surface area contributed by atoms with Gasteiger partial charge in [-0.1, -0.05) is 19.1 Å². The maximum atomic E-state index is 11.7. The summed E-state index contributed by atoms with van der Waals surface area (Å²) in [4.78, 5) is 11.7. The number of anilines is 1. The van der Waals surface area contributed by atoms with Crippen LogP contribution in [0.2, 0.25) is 0 Å².